The molecule has 4 heterocycles. The Kier molecular flexibility index (Phi) is 6.54. The summed E-state index contributed by atoms with van der Waals surface area (Å²) >= 11 is 0. The molecule has 0 aromatic carbocycles. The van der Waals surface area contributed by atoms with Crippen LogP contribution in [0, 0.1) is 11.3 Å². The molecule has 0 amide bonds. The van der Waals surface area contributed by atoms with Crippen molar-refractivity contribution in [3.05, 3.63) is 42.4 Å². The van der Waals surface area contributed by atoms with Gasteiger partial charge < -0.3 is 20.1 Å². The number of ether oxygens (including phenoxy) is 1. The minimum atomic E-state index is -0.577. The Bertz CT molecular complexity index is 1010. The molecule has 0 bridgehead atoms. The predicted molar refractivity (Wildman–Crippen MR) is 113 cm³/mol. The zero-order valence-electron chi connectivity index (χ0n) is 16.1. The van der Waals surface area contributed by atoms with Crippen LogP contribution in [0.1, 0.15) is 12.5 Å². The summed E-state index contributed by atoms with van der Waals surface area (Å²) in [4.78, 5) is 6.88. The molecule has 1 aliphatic heterocycles. The smallest absolute Gasteiger partial charge is 0.138 e. The number of fused-ring (bicyclic) bond motifs is 1. The van der Waals surface area contributed by atoms with E-state index >= 15 is 0 Å². The lowest BCUT2D eigenvalue weighted by atomic mass is 10.1. The van der Waals surface area contributed by atoms with E-state index in [-0.39, 0.29) is 19.0 Å². The molecule has 3 aromatic heterocycles. The highest BCUT2D eigenvalue weighted by molar-refractivity contribution is 5.85. The molecule has 1 atom stereocenters. The highest BCUT2D eigenvalue weighted by Crippen LogP contribution is 2.31. The predicted octanol–water partition coefficient (Wildman–Crippen LogP) is 1.86. The van der Waals surface area contributed by atoms with Gasteiger partial charge in [-0.1, -0.05) is 0 Å². The Morgan fingerprint density at radius 1 is 1.31 bits per heavy atom. The van der Waals surface area contributed by atoms with Gasteiger partial charge in [0.1, 0.15) is 24.2 Å². The average molecular weight is 415 g/mol. The topological polar surface area (TPSA) is 98.7 Å². The van der Waals surface area contributed by atoms with E-state index in [4.69, 9.17) is 4.74 Å². The van der Waals surface area contributed by atoms with Gasteiger partial charge in [0.25, 0.3) is 0 Å². The van der Waals surface area contributed by atoms with E-state index < -0.39 is 6.10 Å². The first-order chi connectivity index (χ1) is 13.7. The third-order valence-electron chi connectivity index (χ3n) is 4.70. The number of aliphatic hydroxyl groups is 1. The van der Waals surface area contributed by atoms with Crippen LogP contribution < -0.4 is 15.0 Å². The molecule has 9 heteroatoms. The number of aliphatic hydroxyl groups excluding tert-OH is 1. The first kappa shape index (κ1) is 20.9. The van der Waals surface area contributed by atoms with Crippen LogP contribution in [0.4, 0.5) is 5.82 Å². The second kappa shape index (κ2) is 9.09. The maximum Gasteiger partial charge on any atom is 0.138 e. The summed E-state index contributed by atoms with van der Waals surface area (Å²) < 4.78 is 7.30. The number of hydrogen-bond acceptors (Lipinski definition) is 7. The summed E-state index contributed by atoms with van der Waals surface area (Å²) in [6, 6.07) is 8.07. The molecule has 3 aromatic rings. The first-order valence-electron chi connectivity index (χ1n) is 9.30. The third kappa shape index (κ3) is 4.43. The SMILES string of the molecule is C[C@H](O)COc1cc(-c2ccc(N3CCNCC3)nc2)c2c(C#N)cnn2c1.Cl. The normalized spacial score (nSPS) is 14.9. The second-order valence-electron chi connectivity index (χ2n) is 6.85. The van der Waals surface area contributed by atoms with Crippen LogP contribution in [-0.4, -0.2) is 58.6 Å². The number of nitrogens with zero attached hydrogens (tertiary/aromatic N) is 5. The molecule has 152 valence electrons. The molecule has 1 aliphatic rings. The van der Waals surface area contributed by atoms with Crippen LogP contribution in [0.2, 0.25) is 0 Å². The van der Waals surface area contributed by atoms with Gasteiger partial charge in [0.2, 0.25) is 0 Å². The number of nitriles is 1. The van der Waals surface area contributed by atoms with Gasteiger partial charge in [-0.3, -0.25) is 0 Å². The zero-order valence-corrected chi connectivity index (χ0v) is 16.9. The van der Waals surface area contributed by atoms with Crippen molar-refractivity contribution in [2.45, 2.75) is 13.0 Å². The lowest BCUT2D eigenvalue weighted by molar-refractivity contribution is 0.122. The fourth-order valence-electron chi connectivity index (χ4n) is 3.32. The van der Waals surface area contributed by atoms with Gasteiger partial charge in [-0.25, -0.2) is 9.50 Å². The summed E-state index contributed by atoms with van der Waals surface area (Å²) in [7, 11) is 0. The molecule has 29 heavy (non-hydrogen) atoms. The quantitative estimate of drug-likeness (QED) is 0.657. The van der Waals surface area contributed by atoms with Crippen LogP contribution in [0.3, 0.4) is 0 Å². The summed E-state index contributed by atoms with van der Waals surface area (Å²) in [5.41, 5.74) is 2.90. The van der Waals surface area contributed by atoms with Crippen molar-refractivity contribution in [1.82, 2.24) is 19.9 Å². The van der Waals surface area contributed by atoms with Crippen molar-refractivity contribution in [1.29, 1.82) is 5.26 Å². The van der Waals surface area contributed by atoms with E-state index in [1.54, 1.807) is 23.8 Å². The average Bonchev–Trinajstić information content (AvgIpc) is 3.15. The Balaban J connectivity index is 0.00000240. The second-order valence-corrected chi connectivity index (χ2v) is 6.85. The Hall–Kier alpha value is -2.86. The van der Waals surface area contributed by atoms with Crippen LogP contribution >= 0.6 is 12.4 Å². The molecule has 1 fully saturated rings. The number of rotatable bonds is 5. The van der Waals surface area contributed by atoms with Crippen molar-refractivity contribution < 1.29 is 9.84 Å². The molecule has 0 radical (unpaired) electrons. The summed E-state index contributed by atoms with van der Waals surface area (Å²) in [6.45, 7) is 5.61. The monoisotopic (exact) mass is 414 g/mol. The van der Waals surface area contributed by atoms with E-state index in [1.165, 1.54) is 0 Å². The zero-order chi connectivity index (χ0) is 19.5. The number of aromatic nitrogens is 3. The van der Waals surface area contributed by atoms with E-state index in [9.17, 15) is 10.4 Å². The molecule has 0 spiro atoms. The van der Waals surface area contributed by atoms with Crippen molar-refractivity contribution in [3.63, 3.8) is 0 Å². The highest BCUT2D eigenvalue weighted by Gasteiger charge is 2.16. The number of piperazine rings is 1. The first-order valence-corrected chi connectivity index (χ1v) is 9.30. The van der Waals surface area contributed by atoms with E-state index in [0.29, 0.717) is 16.8 Å². The number of anilines is 1. The third-order valence-corrected chi connectivity index (χ3v) is 4.70. The van der Waals surface area contributed by atoms with Gasteiger partial charge in [-0.05, 0) is 25.1 Å². The van der Waals surface area contributed by atoms with E-state index in [0.717, 1.165) is 43.1 Å². The van der Waals surface area contributed by atoms with Gasteiger partial charge in [0.05, 0.1) is 29.6 Å². The van der Waals surface area contributed by atoms with Crippen LogP contribution in [-0.2, 0) is 0 Å². The molecule has 2 N–H and O–H groups in total. The molecule has 0 unspecified atom stereocenters. The summed E-state index contributed by atoms with van der Waals surface area (Å²) in [5, 5.41) is 26.6. The summed E-state index contributed by atoms with van der Waals surface area (Å²) in [6.07, 6.45) is 4.50. The molecular formula is C20H23ClN6O2. The lowest BCUT2D eigenvalue weighted by Crippen LogP contribution is -2.43. The molecule has 4 rings (SSSR count). The van der Waals surface area contributed by atoms with Crippen molar-refractivity contribution >= 4 is 23.7 Å². The maximum absolute atomic E-state index is 9.50. The minimum Gasteiger partial charge on any atom is -0.489 e. The maximum atomic E-state index is 9.50. The highest BCUT2D eigenvalue weighted by atomic mass is 35.5. The van der Waals surface area contributed by atoms with Gasteiger partial charge in [-0.15, -0.1) is 12.4 Å². The van der Waals surface area contributed by atoms with Gasteiger partial charge in [0.15, 0.2) is 0 Å². The Labute approximate surface area is 175 Å². The lowest BCUT2D eigenvalue weighted by Gasteiger charge is -2.28. The van der Waals surface area contributed by atoms with E-state index in [2.05, 4.69) is 26.4 Å². The molecule has 0 saturated carbocycles. The Morgan fingerprint density at radius 3 is 2.76 bits per heavy atom. The molecule has 1 saturated heterocycles. The number of pyridine rings is 2. The van der Waals surface area contributed by atoms with Gasteiger partial charge in [0, 0.05) is 43.5 Å². The number of nitrogens with one attached hydrogen (secondary N) is 1. The molecular weight excluding hydrogens is 392 g/mol. The fraction of sp³-hybridized carbons (Fsp3) is 0.350. The fourth-order valence-corrected chi connectivity index (χ4v) is 3.32. The van der Waals surface area contributed by atoms with Gasteiger partial charge >= 0.3 is 0 Å². The molecule has 0 aliphatic carbocycles. The van der Waals surface area contributed by atoms with Crippen LogP contribution in [0.25, 0.3) is 16.6 Å². The molecule has 8 nitrogen and oxygen atoms in total. The van der Waals surface area contributed by atoms with Crippen LogP contribution in [0.15, 0.2) is 36.8 Å². The van der Waals surface area contributed by atoms with Gasteiger partial charge in [-0.2, -0.15) is 10.4 Å². The van der Waals surface area contributed by atoms with Crippen molar-refractivity contribution in [2.24, 2.45) is 0 Å². The minimum absolute atomic E-state index is 0. The van der Waals surface area contributed by atoms with Crippen molar-refractivity contribution in [3.8, 4) is 22.9 Å². The summed E-state index contributed by atoms with van der Waals surface area (Å²) in [5.74, 6) is 1.51. The standard InChI is InChI=1S/C20H22N6O2.ClH/c1-14(27)13-28-17-8-18(20-16(9-21)11-24-26(20)12-17)15-2-3-19(23-10-15)25-6-4-22-5-7-25;/h2-3,8,10-12,14,22,27H,4-7,13H2,1H3;1H/t14-;/m0./s1. The number of halogens is 1. The van der Waals surface area contributed by atoms with Crippen LogP contribution in [0.5, 0.6) is 5.75 Å². The number of hydrogen-bond donors (Lipinski definition) is 2. The van der Waals surface area contributed by atoms with E-state index in [1.807, 2.05) is 24.4 Å². The Morgan fingerprint density at radius 2 is 2.10 bits per heavy atom. The largest absolute Gasteiger partial charge is 0.489 e. The van der Waals surface area contributed by atoms with Crippen molar-refractivity contribution in [2.75, 3.05) is 37.7 Å².